The summed E-state index contributed by atoms with van der Waals surface area (Å²) in [6.07, 6.45) is -0.451. The molecular weight excluding hydrogens is 286 g/mol. The van der Waals surface area contributed by atoms with Gasteiger partial charge in [-0.05, 0) is 18.9 Å². The van der Waals surface area contributed by atoms with Crippen LogP contribution >= 0.6 is 0 Å². The zero-order valence-corrected chi connectivity index (χ0v) is 13.0. The summed E-state index contributed by atoms with van der Waals surface area (Å²) in [4.78, 5) is 35.1. The third kappa shape index (κ3) is 5.29. The zero-order valence-electron chi connectivity index (χ0n) is 13.0. The number of hydrogen-bond donors (Lipinski definition) is 1. The van der Waals surface area contributed by atoms with Gasteiger partial charge in [0.2, 0.25) is 0 Å². The number of rotatable bonds is 8. The normalized spacial score (nSPS) is 13.0. The monoisotopic (exact) mass is 307 g/mol. The molecule has 2 atom stereocenters. The molecule has 22 heavy (non-hydrogen) atoms. The van der Waals surface area contributed by atoms with Crippen LogP contribution in [0.2, 0.25) is 0 Å². The first-order valence-electron chi connectivity index (χ1n) is 6.95. The number of Topliss-reactive ketones (excluding diaryl/α,β-unsaturated/α-hetero) is 1. The number of carbonyl (C=O) groups excluding carboxylic acids is 3. The van der Waals surface area contributed by atoms with Crippen molar-refractivity contribution in [3.05, 3.63) is 35.9 Å². The standard InChI is InChI=1S/C16H21NO5/c1-11(18)9-10-13(16(20)22-3)17-15(19)14(21-2)12-7-5-4-6-8-12/h4-8,13-14H,9-10H2,1-3H3,(H,17,19)/t13-,14+/m0/s1. The minimum atomic E-state index is -0.872. The van der Waals surface area contributed by atoms with Crippen molar-refractivity contribution < 1.29 is 23.9 Å². The molecule has 0 saturated carbocycles. The Morgan fingerprint density at radius 2 is 1.77 bits per heavy atom. The highest BCUT2D eigenvalue weighted by molar-refractivity contribution is 5.88. The lowest BCUT2D eigenvalue weighted by atomic mass is 10.1. The number of nitrogens with one attached hydrogen (secondary N) is 1. The Labute approximate surface area is 129 Å². The Morgan fingerprint density at radius 3 is 2.27 bits per heavy atom. The van der Waals surface area contributed by atoms with E-state index < -0.39 is 24.0 Å². The molecule has 1 amide bonds. The number of ether oxygens (including phenoxy) is 2. The molecule has 1 aromatic carbocycles. The molecule has 0 spiro atoms. The van der Waals surface area contributed by atoms with Gasteiger partial charge in [0.1, 0.15) is 11.8 Å². The van der Waals surface area contributed by atoms with E-state index >= 15 is 0 Å². The SMILES string of the molecule is COC(=O)[C@H](CCC(C)=O)NC(=O)[C@H](OC)c1ccccc1. The minimum Gasteiger partial charge on any atom is -0.467 e. The van der Waals surface area contributed by atoms with Crippen LogP contribution in [0, 0.1) is 0 Å². The second-order valence-electron chi connectivity index (χ2n) is 4.85. The molecule has 0 bridgehead atoms. The van der Waals surface area contributed by atoms with Crippen LogP contribution in [0.1, 0.15) is 31.4 Å². The van der Waals surface area contributed by atoms with Crippen LogP contribution in [0.25, 0.3) is 0 Å². The van der Waals surface area contributed by atoms with E-state index in [9.17, 15) is 14.4 Å². The van der Waals surface area contributed by atoms with Crippen molar-refractivity contribution in [2.45, 2.75) is 31.9 Å². The van der Waals surface area contributed by atoms with E-state index in [-0.39, 0.29) is 18.6 Å². The predicted molar refractivity (Wildman–Crippen MR) is 80.1 cm³/mol. The van der Waals surface area contributed by atoms with Gasteiger partial charge in [0.05, 0.1) is 7.11 Å². The Hall–Kier alpha value is -2.21. The summed E-state index contributed by atoms with van der Waals surface area (Å²) in [5, 5.41) is 2.58. The topological polar surface area (TPSA) is 81.7 Å². The van der Waals surface area contributed by atoms with Crippen molar-refractivity contribution in [3.8, 4) is 0 Å². The summed E-state index contributed by atoms with van der Waals surface area (Å²) in [6.45, 7) is 1.43. The van der Waals surface area contributed by atoms with Crippen molar-refractivity contribution in [2.24, 2.45) is 0 Å². The van der Waals surface area contributed by atoms with Gasteiger partial charge in [0, 0.05) is 13.5 Å². The van der Waals surface area contributed by atoms with Gasteiger partial charge in [-0.15, -0.1) is 0 Å². The lowest BCUT2D eigenvalue weighted by molar-refractivity contribution is -0.147. The molecule has 1 rings (SSSR count). The molecule has 0 saturated heterocycles. The lowest BCUT2D eigenvalue weighted by Crippen LogP contribution is -2.44. The van der Waals surface area contributed by atoms with Crippen LogP contribution in [0.15, 0.2) is 30.3 Å². The summed E-state index contributed by atoms with van der Waals surface area (Å²) in [5.41, 5.74) is 0.678. The zero-order chi connectivity index (χ0) is 16.5. The van der Waals surface area contributed by atoms with Gasteiger partial charge in [0.25, 0.3) is 5.91 Å². The highest BCUT2D eigenvalue weighted by Crippen LogP contribution is 2.17. The van der Waals surface area contributed by atoms with Crippen LogP contribution in [0.5, 0.6) is 0 Å². The second kappa shape index (κ2) is 8.94. The molecule has 1 aromatic rings. The summed E-state index contributed by atoms with van der Waals surface area (Å²) in [7, 11) is 2.65. The molecule has 120 valence electrons. The van der Waals surface area contributed by atoms with Crippen LogP contribution in [0.4, 0.5) is 0 Å². The van der Waals surface area contributed by atoms with Gasteiger partial charge < -0.3 is 19.6 Å². The number of esters is 1. The van der Waals surface area contributed by atoms with Crippen molar-refractivity contribution in [1.82, 2.24) is 5.32 Å². The maximum absolute atomic E-state index is 12.3. The van der Waals surface area contributed by atoms with Crippen molar-refractivity contribution in [1.29, 1.82) is 0 Å². The van der Waals surface area contributed by atoms with E-state index in [0.717, 1.165) is 0 Å². The van der Waals surface area contributed by atoms with Gasteiger partial charge in [-0.1, -0.05) is 30.3 Å². The Bertz CT molecular complexity index is 515. The number of amides is 1. The fourth-order valence-electron chi connectivity index (χ4n) is 2.01. The predicted octanol–water partition coefficient (Wildman–Crippen LogP) is 1.40. The number of methoxy groups -OCH3 is 2. The van der Waals surface area contributed by atoms with Crippen molar-refractivity contribution in [3.63, 3.8) is 0 Å². The van der Waals surface area contributed by atoms with Crippen molar-refractivity contribution in [2.75, 3.05) is 14.2 Å². The van der Waals surface area contributed by atoms with E-state index in [0.29, 0.717) is 5.56 Å². The fourth-order valence-corrected chi connectivity index (χ4v) is 2.01. The molecule has 0 unspecified atom stereocenters. The van der Waals surface area contributed by atoms with Crippen molar-refractivity contribution >= 4 is 17.7 Å². The maximum atomic E-state index is 12.3. The summed E-state index contributed by atoms with van der Waals surface area (Å²) < 4.78 is 9.87. The van der Waals surface area contributed by atoms with E-state index in [1.165, 1.54) is 21.1 Å². The van der Waals surface area contributed by atoms with Crippen LogP contribution < -0.4 is 5.32 Å². The maximum Gasteiger partial charge on any atom is 0.328 e. The first kappa shape index (κ1) is 17.8. The highest BCUT2D eigenvalue weighted by Gasteiger charge is 2.27. The van der Waals surface area contributed by atoms with Gasteiger partial charge in [0.15, 0.2) is 6.10 Å². The Balaban J connectivity index is 2.79. The largest absolute Gasteiger partial charge is 0.467 e. The van der Waals surface area contributed by atoms with E-state index in [1.807, 2.05) is 6.07 Å². The lowest BCUT2D eigenvalue weighted by Gasteiger charge is -2.20. The van der Waals surface area contributed by atoms with Gasteiger partial charge >= 0.3 is 5.97 Å². The fraction of sp³-hybridized carbons (Fsp3) is 0.438. The quantitative estimate of drug-likeness (QED) is 0.734. The molecule has 0 heterocycles. The van der Waals surface area contributed by atoms with E-state index in [4.69, 9.17) is 4.74 Å². The summed E-state index contributed by atoms with van der Waals surface area (Å²) in [6, 6.07) is 8.07. The molecule has 0 aliphatic carbocycles. The summed E-state index contributed by atoms with van der Waals surface area (Å²) in [5.74, 6) is -1.10. The van der Waals surface area contributed by atoms with E-state index in [1.54, 1.807) is 24.3 Å². The van der Waals surface area contributed by atoms with Crippen LogP contribution in [-0.4, -0.2) is 37.9 Å². The first-order chi connectivity index (χ1) is 10.5. The molecule has 0 radical (unpaired) electrons. The molecule has 0 aliphatic heterocycles. The number of carbonyl (C=O) groups is 3. The average Bonchev–Trinajstić information content (AvgIpc) is 2.52. The smallest absolute Gasteiger partial charge is 0.328 e. The minimum absolute atomic E-state index is 0.0606. The number of hydrogen-bond acceptors (Lipinski definition) is 5. The number of benzene rings is 1. The summed E-state index contributed by atoms with van der Waals surface area (Å²) >= 11 is 0. The molecule has 0 aliphatic rings. The van der Waals surface area contributed by atoms with Gasteiger partial charge in [-0.25, -0.2) is 4.79 Å². The average molecular weight is 307 g/mol. The molecule has 0 aromatic heterocycles. The third-order valence-corrected chi connectivity index (χ3v) is 3.16. The molecule has 6 nitrogen and oxygen atoms in total. The van der Waals surface area contributed by atoms with Gasteiger partial charge in [-0.2, -0.15) is 0 Å². The molecular formula is C16H21NO5. The Kier molecular flexibility index (Phi) is 7.25. The van der Waals surface area contributed by atoms with Crippen LogP contribution in [0.3, 0.4) is 0 Å². The first-order valence-corrected chi connectivity index (χ1v) is 6.95. The Morgan fingerprint density at radius 1 is 1.14 bits per heavy atom. The second-order valence-corrected chi connectivity index (χ2v) is 4.85. The van der Waals surface area contributed by atoms with Gasteiger partial charge in [-0.3, -0.25) is 4.79 Å². The number of ketones is 1. The molecule has 1 N–H and O–H groups in total. The van der Waals surface area contributed by atoms with Crippen LogP contribution in [-0.2, 0) is 23.9 Å². The molecule has 6 heteroatoms. The highest BCUT2D eigenvalue weighted by atomic mass is 16.5. The molecule has 0 fully saturated rings. The van der Waals surface area contributed by atoms with E-state index in [2.05, 4.69) is 10.1 Å². The third-order valence-electron chi connectivity index (χ3n) is 3.16.